The maximum absolute atomic E-state index is 12.0. The van der Waals surface area contributed by atoms with Crippen LogP contribution < -0.4 is 0 Å². The molecular weight excluding hydrogens is 1160 g/mol. The highest BCUT2D eigenvalue weighted by Crippen LogP contribution is 2.61. The number of carbonyl (C=O) groups excluding carboxylic acids is 11. The molecule has 23 heteroatoms. The van der Waals surface area contributed by atoms with Gasteiger partial charge in [-0.25, -0.2) is 4.79 Å². The van der Waals surface area contributed by atoms with Crippen LogP contribution in [0.4, 0.5) is 0 Å². The molecule has 1 spiro atoms. The SMILES string of the molecule is CCC(C)(C)C(=O)OC.CCC(C)C(=O)OC1C2CC3C(=O)OC1C3C2.CCC(C)C(=O)OC1C2CC3C(=O)OC1C3O2.CCC(C)C(=O)OC1C2CC3C1OC(=O)C3C2C(=O)OC.CCC(C)C(=O)OC1CCOC1=O.O=C1CC2(CO1)CC1CCC2C1. The maximum atomic E-state index is 12.0. The van der Waals surface area contributed by atoms with Crippen molar-refractivity contribution in [1.82, 2.24) is 0 Å². The summed E-state index contributed by atoms with van der Waals surface area (Å²) in [5, 5.41) is 0. The van der Waals surface area contributed by atoms with Crippen LogP contribution in [-0.2, 0) is 110 Å². The second-order valence-electron chi connectivity index (χ2n) is 27.7. The quantitative estimate of drug-likeness (QED) is 0.114. The van der Waals surface area contributed by atoms with Gasteiger partial charge in [0.2, 0.25) is 6.10 Å². The number of esters is 11. The highest BCUT2D eigenvalue weighted by molar-refractivity contribution is 5.86. The minimum atomic E-state index is -0.665. The van der Waals surface area contributed by atoms with Crippen LogP contribution in [0.3, 0.4) is 0 Å². The lowest BCUT2D eigenvalue weighted by Gasteiger charge is -2.30. The van der Waals surface area contributed by atoms with Crippen LogP contribution in [0.25, 0.3) is 0 Å². The minimum absolute atomic E-state index is 0.0265. The third-order valence-electron chi connectivity index (χ3n) is 21.9. The first kappa shape index (κ1) is 69.0. The zero-order chi connectivity index (χ0) is 65.1. The van der Waals surface area contributed by atoms with Crippen molar-refractivity contribution in [2.24, 2.45) is 93.7 Å². The van der Waals surface area contributed by atoms with E-state index in [-0.39, 0.29) is 143 Å². The molecule has 13 rings (SSSR count). The Hall–Kier alpha value is -5.87. The molecular formula is C66H96O23. The van der Waals surface area contributed by atoms with Crippen molar-refractivity contribution in [3.8, 4) is 0 Å². The van der Waals surface area contributed by atoms with E-state index in [1.165, 1.54) is 39.9 Å². The summed E-state index contributed by atoms with van der Waals surface area (Å²) in [4.78, 5) is 127. The topological polar surface area (TPSA) is 299 Å². The molecule has 7 aliphatic heterocycles. The lowest BCUT2D eigenvalue weighted by atomic mass is 9.73. The van der Waals surface area contributed by atoms with E-state index in [4.69, 9.17) is 47.4 Å². The Morgan fingerprint density at radius 3 is 1.63 bits per heavy atom. The van der Waals surface area contributed by atoms with Gasteiger partial charge in [0.15, 0.2) is 12.2 Å². The number of carbonyl (C=O) groups is 11. The smallest absolute Gasteiger partial charge is 0.347 e. The Morgan fingerprint density at radius 1 is 0.562 bits per heavy atom. The molecule has 6 saturated carbocycles. The molecule has 7 saturated heterocycles. The van der Waals surface area contributed by atoms with Crippen molar-refractivity contribution in [3.05, 3.63) is 0 Å². The predicted molar refractivity (Wildman–Crippen MR) is 309 cm³/mol. The van der Waals surface area contributed by atoms with E-state index in [1.807, 2.05) is 62.3 Å². The van der Waals surface area contributed by atoms with Crippen LogP contribution in [0.5, 0.6) is 0 Å². The number of rotatable bonds is 15. The molecule has 0 radical (unpaired) electrons. The highest BCUT2D eigenvalue weighted by atomic mass is 16.7. The molecule has 89 heavy (non-hydrogen) atoms. The molecule has 13 aliphatic rings. The van der Waals surface area contributed by atoms with Crippen molar-refractivity contribution < 1.29 is 110 Å². The molecule has 13 fully saturated rings. The number of methoxy groups -OCH3 is 2. The third-order valence-corrected chi connectivity index (χ3v) is 21.9. The fraction of sp³-hybridized carbons (Fsp3) is 0.833. The van der Waals surface area contributed by atoms with Crippen LogP contribution in [0.15, 0.2) is 0 Å². The van der Waals surface area contributed by atoms with E-state index in [0.717, 1.165) is 57.0 Å². The Balaban J connectivity index is 0.000000141. The highest BCUT2D eigenvalue weighted by Gasteiger charge is 2.71. The molecule has 0 aromatic carbocycles. The Kier molecular flexibility index (Phi) is 22.3. The number of fused-ring (bicyclic) bond motifs is 6. The Morgan fingerprint density at radius 2 is 1.12 bits per heavy atom. The summed E-state index contributed by atoms with van der Waals surface area (Å²) in [7, 11) is 2.73. The summed E-state index contributed by atoms with van der Waals surface area (Å²) >= 11 is 0. The molecule has 6 aliphatic carbocycles. The van der Waals surface area contributed by atoms with Crippen molar-refractivity contribution in [1.29, 1.82) is 0 Å². The van der Waals surface area contributed by atoms with Gasteiger partial charge < -0.3 is 56.8 Å². The molecule has 0 amide bonds. The summed E-state index contributed by atoms with van der Waals surface area (Å²) < 4.78 is 62.3. The van der Waals surface area contributed by atoms with Gasteiger partial charge in [0.1, 0.15) is 30.5 Å². The summed E-state index contributed by atoms with van der Waals surface area (Å²) in [6, 6.07) is 0. The van der Waals surface area contributed by atoms with Crippen molar-refractivity contribution in [2.45, 2.75) is 227 Å². The van der Waals surface area contributed by atoms with Gasteiger partial charge in [0, 0.05) is 35.5 Å². The monoisotopic (exact) mass is 1260 g/mol. The molecule has 0 N–H and O–H groups in total. The molecule has 24 atom stereocenters. The second-order valence-corrected chi connectivity index (χ2v) is 27.7. The molecule has 498 valence electrons. The summed E-state index contributed by atoms with van der Waals surface area (Å²) in [5.41, 5.74) is -0.00521. The van der Waals surface area contributed by atoms with Crippen LogP contribution in [-0.4, -0.2) is 148 Å². The maximum Gasteiger partial charge on any atom is 0.347 e. The van der Waals surface area contributed by atoms with Crippen LogP contribution in [0.2, 0.25) is 0 Å². The first-order chi connectivity index (χ1) is 42.2. The number of ether oxygens (including phenoxy) is 12. The first-order valence-electron chi connectivity index (χ1n) is 32.8. The van der Waals surface area contributed by atoms with Gasteiger partial charge in [-0.15, -0.1) is 0 Å². The largest absolute Gasteiger partial charge is 0.469 e. The van der Waals surface area contributed by atoms with Crippen molar-refractivity contribution in [2.75, 3.05) is 27.4 Å². The van der Waals surface area contributed by atoms with Crippen molar-refractivity contribution >= 4 is 65.7 Å². The van der Waals surface area contributed by atoms with Gasteiger partial charge >= 0.3 is 65.7 Å². The molecule has 8 bridgehead atoms. The Labute approximate surface area is 522 Å². The van der Waals surface area contributed by atoms with E-state index in [2.05, 4.69) is 9.47 Å². The first-order valence-corrected chi connectivity index (χ1v) is 32.8. The minimum Gasteiger partial charge on any atom is -0.469 e. The van der Waals surface area contributed by atoms with E-state index in [9.17, 15) is 52.7 Å². The molecule has 24 unspecified atom stereocenters. The number of hydrogen-bond acceptors (Lipinski definition) is 23. The van der Waals surface area contributed by atoms with Gasteiger partial charge in [-0.3, -0.25) is 47.9 Å². The summed E-state index contributed by atoms with van der Waals surface area (Å²) in [6.07, 6.45) is 10.5. The van der Waals surface area contributed by atoms with Gasteiger partial charge in [-0.05, 0) is 103 Å². The van der Waals surface area contributed by atoms with Crippen molar-refractivity contribution in [3.63, 3.8) is 0 Å². The van der Waals surface area contributed by atoms with E-state index < -0.39 is 42.1 Å². The average molecular weight is 1260 g/mol. The molecule has 7 heterocycles. The molecule has 0 aromatic rings. The molecule has 23 nitrogen and oxygen atoms in total. The lowest BCUT2D eigenvalue weighted by molar-refractivity contribution is -0.168. The van der Waals surface area contributed by atoms with E-state index in [0.29, 0.717) is 56.0 Å². The van der Waals surface area contributed by atoms with Crippen LogP contribution in [0, 0.1) is 93.7 Å². The van der Waals surface area contributed by atoms with Gasteiger partial charge in [-0.1, -0.05) is 68.7 Å². The second kappa shape index (κ2) is 28.7. The zero-order valence-corrected chi connectivity index (χ0v) is 54.2. The molecule has 0 aromatic heterocycles. The summed E-state index contributed by atoms with van der Waals surface area (Å²) in [6.45, 7) is 21.8. The number of cyclic esters (lactones) is 2. The fourth-order valence-electron chi connectivity index (χ4n) is 15.3. The average Bonchev–Trinajstić information content (AvgIpc) is 1.57. The van der Waals surface area contributed by atoms with Crippen LogP contribution >= 0.6 is 0 Å². The third kappa shape index (κ3) is 14.3. The van der Waals surface area contributed by atoms with Gasteiger partial charge in [-0.2, -0.15) is 0 Å². The summed E-state index contributed by atoms with van der Waals surface area (Å²) in [5.74, 6) is -1.90. The van der Waals surface area contributed by atoms with Gasteiger partial charge in [0.25, 0.3) is 0 Å². The zero-order valence-electron chi connectivity index (χ0n) is 54.2. The van der Waals surface area contributed by atoms with E-state index in [1.54, 1.807) is 13.8 Å². The van der Waals surface area contributed by atoms with Gasteiger partial charge in [0.05, 0.1) is 92.7 Å². The fourth-order valence-corrected chi connectivity index (χ4v) is 15.3. The standard InChI is InChI=1S/C15H20O6.C13H18O4.C12H16O5.C10H14O2.C9H14O4.C7H14O2/c1-4-6(2)13(16)20-11-7-5-8-10(9(7)14(17)19-3)15(18)21-12(8)11;1-3-6(2)12(14)16-10-7-4-8-9(5-7)13(15)17-11(8)10;1-3-5(2)11(13)16-9-7-4-6-8(15-7)10(9)17-12(6)14;11-9-5-10(6-12-9)4-7-1-2-8(10)3-7;1-3-6(2)8(10)13-7-4-5-12-9(7)11;1-5-7(2,3)6(8)9-4/h6-12H,4-5H2,1-3H3;6-11H,3-5H2,1-2H3;5-10H,3-4H2,1-2H3;7-8H,1-6H2;6-7H,3-5H2,1-2H3;5H2,1-4H3. The lowest BCUT2D eigenvalue weighted by Crippen LogP contribution is -2.44. The normalized spacial score (nSPS) is 37.7. The van der Waals surface area contributed by atoms with Crippen LogP contribution in [0.1, 0.15) is 172 Å². The van der Waals surface area contributed by atoms with E-state index >= 15 is 0 Å². The number of hydrogen-bond donors (Lipinski definition) is 0. The predicted octanol–water partition coefficient (Wildman–Crippen LogP) is 7.33. The Bertz CT molecular complexity index is 2580.